The third kappa shape index (κ3) is 2.14. The number of aromatic nitrogens is 3. The average molecular weight is 294 g/mol. The van der Waals surface area contributed by atoms with Gasteiger partial charge in [0, 0.05) is 25.3 Å². The van der Waals surface area contributed by atoms with Crippen LogP contribution >= 0.6 is 0 Å². The molecule has 0 spiro atoms. The predicted molar refractivity (Wildman–Crippen MR) is 85.8 cm³/mol. The van der Waals surface area contributed by atoms with E-state index in [-0.39, 0.29) is 5.56 Å². The third-order valence-electron chi connectivity index (χ3n) is 4.56. The van der Waals surface area contributed by atoms with Crippen molar-refractivity contribution >= 4 is 11.0 Å². The van der Waals surface area contributed by atoms with E-state index < -0.39 is 0 Å². The minimum atomic E-state index is 0.00209. The SMILES string of the molecule is CN1Cc2ccccc2CC1Cn1cnc2cc[nH]c2c1=O. The quantitative estimate of drug-likeness (QED) is 0.784. The second-order valence-corrected chi connectivity index (χ2v) is 5.98. The van der Waals surface area contributed by atoms with Gasteiger partial charge >= 0.3 is 0 Å². The maximum Gasteiger partial charge on any atom is 0.277 e. The van der Waals surface area contributed by atoms with Gasteiger partial charge in [0.2, 0.25) is 0 Å². The maximum absolute atomic E-state index is 12.5. The molecule has 112 valence electrons. The van der Waals surface area contributed by atoms with Crippen molar-refractivity contribution in [2.75, 3.05) is 7.05 Å². The Hall–Kier alpha value is -2.40. The van der Waals surface area contributed by atoms with Crippen LogP contribution in [0, 0.1) is 0 Å². The average Bonchev–Trinajstić information content (AvgIpc) is 3.00. The van der Waals surface area contributed by atoms with Crippen molar-refractivity contribution in [2.24, 2.45) is 0 Å². The summed E-state index contributed by atoms with van der Waals surface area (Å²) in [5.41, 5.74) is 4.08. The summed E-state index contributed by atoms with van der Waals surface area (Å²) >= 11 is 0. The van der Waals surface area contributed by atoms with Crippen LogP contribution in [0.25, 0.3) is 11.0 Å². The van der Waals surface area contributed by atoms with Crippen molar-refractivity contribution < 1.29 is 0 Å². The molecule has 0 radical (unpaired) electrons. The molecule has 22 heavy (non-hydrogen) atoms. The van der Waals surface area contributed by atoms with Crippen molar-refractivity contribution in [2.45, 2.75) is 25.6 Å². The van der Waals surface area contributed by atoms with Crippen molar-refractivity contribution in [1.29, 1.82) is 0 Å². The number of hydrogen-bond donors (Lipinski definition) is 1. The molecule has 1 aliphatic rings. The van der Waals surface area contributed by atoms with Crippen LogP contribution in [-0.4, -0.2) is 32.5 Å². The summed E-state index contributed by atoms with van der Waals surface area (Å²) in [6, 6.07) is 10.7. The molecule has 3 heterocycles. The minimum absolute atomic E-state index is 0.00209. The summed E-state index contributed by atoms with van der Waals surface area (Å²) in [6.45, 7) is 1.58. The van der Waals surface area contributed by atoms with Crippen LogP contribution in [0.5, 0.6) is 0 Å². The van der Waals surface area contributed by atoms with Crippen molar-refractivity contribution in [3.05, 3.63) is 64.3 Å². The largest absolute Gasteiger partial charge is 0.355 e. The van der Waals surface area contributed by atoms with Gasteiger partial charge in [0.1, 0.15) is 5.52 Å². The highest BCUT2D eigenvalue weighted by Crippen LogP contribution is 2.22. The monoisotopic (exact) mass is 294 g/mol. The molecule has 3 aromatic rings. The summed E-state index contributed by atoms with van der Waals surface area (Å²) in [5.74, 6) is 0. The van der Waals surface area contributed by atoms with E-state index in [9.17, 15) is 4.79 Å². The Morgan fingerprint density at radius 3 is 2.95 bits per heavy atom. The van der Waals surface area contributed by atoms with E-state index in [0.717, 1.165) is 18.5 Å². The Morgan fingerprint density at radius 1 is 1.27 bits per heavy atom. The van der Waals surface area contributed by atoms with E-state index in [0.29, 0.717) is 18.1 Å². The van der Waals surface area contributed by atoms with Crippen LogP contribution in [0.15, 0.2) is 47.7 Å². The number of nitrogens with zero attached hydrogens (tertiary/aromatic N) is 3. The second kappa shape index (κ2) is 5.10. The van der Waals surface area contributed by atoms with Gasteiger partial charge in [0.25, 0.3) is 5.56 Å². The summed E-state index contributed by atoms with van der Waals surface area (Å²) < 4.78 is 1.72. The molecule has 1 N–H and O–H groups in total. The highest BCUT2D eigenvalue weighted by atomic mass is 16.1. The number of benzene rings is 1. The first kappa shape index (κ1) is 13.3. The molecule has 0 saturated heterocycles. The van der Waals surface area contributed by atoms with Gasteiger partial charge in [-0.2, -0.15) is 0 Å². The molecular formula is C17H18N4O. The lowest BCUT2D eigenvalue weighted by Crippen LogP contribution is -2.42. The van der Waals surface area contributed by atoms with Gasteiger partial charge in [-0.25, -0.2) is 4.98 Å². The van der Waals surface area contributed by atoms with E-state index in [2.05, 4.69) is 46.2 Å². The maximum atomic E-state index is 12.5. The summed E-state index contributed by atoms with van der Waals surface area (Å²) in [6.07, 6.45) is 4.38. The zero-order valence-corrected chi connectivity index (χ0v) is 12.5. The smallest absolute Gasteiger partial charge is 0.277 e. The van der Waals surface area contributed by atoms with E-state index in [1.54, 1.807) is 17.1 Å². The van der Waals surface area contributed by atoms with Gasteiger partial charge < -0.3 is 4.98 Å². The van der Waals surface area contributed by atoms with E-state index in [1.165, 1.54) is 11.1 Å². The van der Waals surface area contributed by atoms with Gasteiger partial charge in [-0.3, -0.25) is 14.3 Å². The highest BCUT2D eigenvalue weighted by Gasteiger charge is 2.23. The van der Waals surface area contributed by atoms with E-state index in [1.807, 2.05) is 6.07 Å². The fourth-order valence-electron chi connectivity index (χ4n) is 3.25. The summed E-state index contributed by atoms with van der Waals surface area (Å²) in [4.78, 5) is 22.1. The number of H-pyrrole nitrogens is 1. The van der Waals surface area contributed by atoms with Crippen LogP contribution < -0.4 is 5.56 Å². The molecule has 0 amide bonds. The van der Waals surface area contributed by atoms with Gasteiger partial charge in [0.15, 0.2) is 0 Å². The fourth-order valence-corrected chi connectivity index (χ4v) is 3.25. The molecule has 5 heteroatoms. The topological polar surface area (TPSA) is 53.9 Å². The second-order valence-electron chi connectivity index (χ2n) is 5.98. The molecule has 4 rings (SSSR count). The molecule has 0 fully saturated rings. The van der Waals surface area contributed by atoms with Gasteiger partial charge in [-0.05, 0) is 30.7 Å². The van der Waals surface area contributed by atoms with Crippen LogP contribution in [0.2, 0.25) is 0 Å². The Bertz CT molecular complexity index is 879. The van der Waals surface area contributed by atoms with Crippen LogP contribution in [-0.2, 0) is 19.5 Å². The molecular weight excluding hydrogens is 276 g/mol. The minimum Gasteiger partial charge on any atom is -0.355 e. The lowest BCUT2D eigenvalue weighted by atomic mass is 9.94. The molecule has 0 aliphatic carbocycles. The number of hydrogen-bond acceptors (Lipinski definition) is 3. The van der Waals surface area contributed by atoms with Crippen LogP contribution in [0.4, 0.5) is 0 Å². The van der Waals surface area contributed by atoms with E-state index in [4.69, 9.17) is 0 Å². The molecule has 0 bridgehead atoms. The molecule has 0 saturated carbocycles. The number of fused-ring (bicyclic) bond motifs is 2. The number of likely N-dealkylation sites (N-methyl/N-ethyl adjacent to an activating group) is 1. The van der Waals surface area contributed by atoms with Crippen LogP contribution in [0.3, 0.4) is 0 Å². The molecule has 1 atom stereocenters. The fraction of sp³-hybridized carbons (Fsp3) is 0.294. The lowest BCUT2D eigenvalue weighted by molar-refractivity contribution is 0.193. The van der Waals surface area contributed by atoms with Gasteiger partial charge in [-0.15, -0.1) is 0 Å². The highest BCUT2D eigenvalue weighted by molar-refractivity contribution is 5.73. The van der Waals surface area contributed by atoms with E-state index >= 15 is 0 Å². The van der Waals surface area contributed by atoms with Crippen molar-refractivity contribution in [3.63, 3.8) is 0 Å². The van der Waals surface area contributed by atoms with Crippen molar-refractivity contribution in [1.82, 2.24) is 19.4 Å². The number of rotatable bonds is 2. The number of aromatic amines is 1. The van der Waals surface area contributed by atoms with Crippen molar-refractivity contribution in [3.8, 4) is 0 Å². The predicted octanol–water partition coefficient (Wildman–Crippen LogP) is 1.78. The first-order chi connectivity index (χ1) is 10.7. The first-order valence-corrected chi connectivity index (χ1v) is 7.52. The molecule has 5 nitrogen and oxygen atoms in total. The Kier molecular flexibility index (Phi) is 3.08. The van der Waals surface area contributed by atoms with Crippen LogP contribution in [0.1, 0.15) is 11.1 Å². The Labute approximate surface area is 128 Å². The summed E-state index contributed by atoms with van der Waals surface area (Å²) in [7, 11) is 2.12. The zero-order chi connectivity index (χ0) is 15.1. The lowest BCUT2D eigenvalue weighted by Gasteiger charge is -2.34. The molecule has 1 aliphatic heterocycles. The number of nitrogens with one attached hydrogen (secondary N) is 1. The third-order valence-corrected chi connectivity index (χ3v) is 4.56. The standard InChI is InChI=1S/C17H18N4O/c1-20-9-13-5-3-2-4-12(13)8-14(20)10-21-11-19-15-6-7-18-16(15)17(21)22/h2-7,11,14,18H,8-10H2,1H3. The normalized spacial score (nSPS) is 18.5. The molecule has 2 aromatic heterocycles. The van der Waals surface area contributed by atoms with Gasteiger partial charge in [0.05, 0.1) is 11.8 Å². The first-order valence-electron chi connectivity index (χ1n) is 7.52. The molecule has 1 aromatic carbocycles. The Morgan fingerprint density at radius 2 is 2.09 bits per heavy atom. The van der Waals surface area contributed by atoms with Gasteiger partial charge in [-0.1, -0.05) is 24.3 Å². The molecule has 1 unspecified atom stereocenters. The zero-order valence-electron chi connectivity index (χ0n) is 12.5. The Balaban J connectivity index is 1.65. The summed E-state index contributed by atoms with van der Waals surface area (Å²) in [5, 5.41) is 0.